The van der Waals surface area contributed by atoms with E-state index in [1.165, 1.54) is 0 Å². The molecule has 0 aliphatic carbocycles. The Labute approximate surface area is 207 Å². The highest BCUT2D eigenvalue weighted by molar-refractivity contribution is 14.0. The second-order valence-electron chi connectivity index (χ2n) is 7.66. The molecule has 1 aromatic carbocycles. The van der Waals surface area contributed by atoms with E-state index >= 15 is 0 Å². The van der Waals surface area contributed by atoms with Crippen LogP contribution in [-0.2, 0) is 6.54 Å². The van der Waals surface area contributed by atoms with Crippen molar-refractivity contribution in [2.45, 2.75) is 39.3 Å². The number of benzene rings is 1. The molecule has 1 fully saturated rings. The topological polar surface area (TPSA) is 67.6 Å². The molecule has 170 valence electrons. The van der Waals surface area contributed by atoms with E-state index in [4.69, 9.17) is 9.73 Å². The van der Waals surface area contributed by atoms with Crippen LogP contribution in [0.25, 0.3) is 5.82 Å². The van der Waals surface area contributed by atoms with Crippen LogP contribution in [0.4, 0.5) is 0 Å². The summed E-state index contributed by atoms with van der Waals surface area (Å²) in [7, 11) is 0. The van der Waals surface area contributed by atoms with E-state index in [2.05, 4.69) is 33.2 Å². The third-order valence-electron chi connectivity index (χ3n) is 5.42. The molecule has 0 spiro atoms. The van der Waals surface area contributed by atoms with Gasteiger partial charge in [0.25, 0.3) is 0 Å². The van der Waals surface area contributed by atoms with Gasteiger partial charge in [0, 0.05) is 51.1 Å². The van der Waals surface area contributed by atoms with Gasteiger partial charge in [-0.3, -0.25) is 4.57 Å². The number of rotatable bonds is 6. The SMILES string of the molecule is CCNC(=NCc1ccc(-n2ccnc2C)nc1)N1CCC(Oc2ccccc2)CC1.I. The maximum absolute atomic E-state index is 6.12. The molecule has 3 aromatic rings. The number of hydrogen-bond acceptors (Lipinski definition) is 4. The van der Waals surface area contributed by atoms with Crippen molar-refractivity contribution >= 4 is 29.9 Å². The highest BCUT2D eigenvalue weighted by atomic mass is 127. The minimum absolute atomic E-state index is 0. The van der Waals surface area contributed by atoms with Gasteiger partial charge in [-0.2, -0.15) is 0 Å². The highest BCUT2D eigenvalue weighted by Gasteiger charge is 2.22. The van der Waals surface area contributed by atoms with Gasteiger partial charge in [-0.05, 0) is 37.6 Å². The van der Waals surface area contributed by atoms with E-state index in [1.807, 2.05) is 60.3 Å². The Kier molecular flexibility index (Phi) is 8.90. The molecular formula is C24H31IN6O. The molecule has 0 radical (unpaired) electrons. The molecule has 0 bridgehead atoms. The number of ether oxygens (including phenoxy) is 1. The number of para-hydroxylation sites is 1. The molecule has 0 unspecified atom stereocenters. The smallest absolute Gasteiger partial charge is 0.194 e. The van der Waals surface area contributed by atoms with Gasteiger partial charge in [-0.1, -0.05) is 24.3 Å². The molecule has 2 aromatic heterocycles. The molecule has 1 aliphatic rings. The molecule has 1 aliphatic heterocycles. The quantitative estimate of drug-likeness (QED) is 0.285. The summed E-state index contributed by atoms with van der Waals surface area (Å²) in [4.78, 5) is 16.0. The predicted octanol–water partition coefficient (Wildman–Crippen LogP) is 4.20. The van der Waals surface area contributed by atoms with Crippen LogP contribution in [0.2, 0.25) is 0 Å². The van der Waals surface area contributed by atoms with Gasteiger partial charge in [-0.15, -0.1) is 24.0 Å². The fourth-order valence-electron chi connectivity index (χ4n) is 3.74. The molecule has 4 rings (SSSR count). The Morgan fingerprint density at radius 3 is 2.53 bits per heavy atom. The van der Waals surface area contributed by atoms with Crippen LogP contribution in [0, 0.1) is 6.92 Å². The molecular weight excluding hydrogens is 515 g/mol. The van der Waals surface area contributed by atoms with Gasteiger partial charge in [0.1, 0.15) is 23.5 Å². The molecule has 32 heavy (non-hydrogen) atoms. The lowest BCUT2D eigenvalue weighted by molar-refractivity contribution is 0.129. The van der Waals surface area contributed by atoms with E-state index in [0.29, 0.717) is 6.54 Å². The van der Waals surface area contributed by atoms with Crippen molar-refractivity contribution in [3.05, 3.63) is 72.4 Å². The van der Waals surface area contributed by atoms with Crippen LogP contribution >= 0.6 is 24.0 Å². The van der Waals surface area contributed by atoms with E-state index < -0.39 is 0 Å². The van der Waals surface area contributed by atoms with E-state index in [0.717, 1.165) is 61.4 Å². The van der Waals surface area contributed by atoms with Crippen LogP contribution in [0.1, 0.15) is 31.2 Å². The highest BCUT2D eigenvalue weighted by Crippen LogP contribution is 2.19. The van der Waals surface area contributed by atoms with Crippen molar-refractivity contribution in [3.8, 4) is 11.6 Å². The zero-order valence-electron chi connectivity index (χ0n) is 18.6. The number of aliphatic imine (C=N–C) groups is 1. The van der Waals surface area contributed by atoms with E-state index in [1.54, 1.807) is 6.20 Å². The van der Waals surface area contributed by atoms with Crippen molar-refractivity contribution in [1.82, 2.24) is 24.8 Å². The van der Waals surface area contributed by atoms with Gasteiger partial charge >= 0.3 is 0 Å². The fourth-order valence-corrected chi connectivity index (χ4v) is 3.74. The number of pyridine rings is 1. The number of aromatic nitrogens is 3. The third kappa shape index (κ3) is 6.21. The largest absolute Gasteiger partial charge is 0.490 e. The summed E-state index contributed by atoms with van der Waals surface area (Å²) in [6.07, 6.45) is 7.82. The van der Waals surface area contributed by atoms with Crippen molar-refractivity contribution in [1.29, 1.82) is 0 Å². The Bertz CT molecular complexity index is 981. The van der Waals surface area contributed by atoms with Crippen LogP contribution in [0.3, 0.4) is 0 Å². The summed E-state index contributed by atoms with van der Waals surface area (Å²) in [6, 6.07) is 14.2. The Hall–Kier alpha value is -2.62. The number of guanidine groups is 1. The first-order valence-corrected chi connectivity index (χ1v) is 10.9. The minimum atomic E-state index is 0. The second-order valence-corrected chi connectivity index (χ2v) is 7.66. The maximum atomic E-state index is 6.12. The summed E-state index contributed by atoms with van der Waals surface area (Å²) in [5, 5.41) is 3.43. The third-order valence-corrected chi connectivity index (χ3v) is 5.42. The summed E-state index contributed by atoms with van der Waals surface area (Å²) >= 11 is 0. The molecule has 1 saturated heterocycles. The van der Waals surface area contributed by atoms with Crippen LogP contribution in [-0.4, -0.2) is 51.1 Å². The van der Waals surface area contributed by atoms with Crippen molar-refractivity contribution in [2.75, 3.05) is 19.6 Å². The zero-order valence-corrected chi connectivity index (χ0v) is 21.0. The Morgan fingerprint density at radius 1 is 1.12 bits per heavy atom. The van der Waals surface area contributed by atoms with Crippen LogP contribution < -0.4 is 10.1 Å². The number of likely N-dealkylation sites (tertiary alicyclic amines) is 1. The number of halogens is 1. The fraction of sp³-hybridized carbons (Fsp3) is 0.375. The van der Waals surface area contributed by atoms with Crippen molar-refractivity contribution in [2.24, 2.45) is 4.99 Å². The lowest BCUT2D eigenvalue weighted by Crippen LogP contribution is -2.47. The summed E-state index contributed by atoms with van der Waals surface area (Å²) in [5.74, 6) is 3.70. The maximum Gasteiger partial charge on any atom is 0.194 e. The molecule has 1 N–H and O–H groups in total. The summed E-state index contributed by atoms with van der Waals surface area (Å²) in [5.41, 5.74) is 1.08. The van der Waals surface area contributed by atoms with E-state index in [9.17, 15) is 0 Å². The van der Waals surface area contributed by atoms with Gasteiger partial charge in [-0.25, -0.2) is 15.0 Å². The summed E-state index contributed by atoms with van der Waals surface area (Å²) < 4.78 is 8.09. The predicted molar refractivity (Wildman–Crippen MR) is 138 cm³/mol. The molecule has 0 saturated carbocycles. The van der Waals surface area contributed by atoms with Crippen molar-refractivity contribution < 1.29 is 4.74 Å². The molecule has 3 heterocycles. The first kappa shape index (κ1) is 24.0. The average molecular weight is 546 g/mol. The number of nitrogens with zero attached hydrogens (tertiary/aromatic N) is 5. The van der Waals surface area contributed by atoms with Gasteiger partial charge in [0.15, 0.2) is 5.96 Å². The Balaban J connectivity index is 0.00000289. The molecule has 8 heteroatoms. The minimum Gasteiger partial charge on any atom is -0.490 e. The first-order chi connectivity index (χ1) is 15.2. The number of aryl methyl sites for hydroxylation is 1. The second kappa shape index (κ2) is 11.8. The first-order valence-electron chi connectivity index (χ1n) is 10.9. The van der Waals surface area contributed by atoms with Gasteiger partial charge in [0.05, 0.1) is 6.54 Å². The normalized spacial score (nSPS) is 14.7. The number of piperidine rings is 1. The number of imidazole rings is 1. The van der Waals surface area contributed by atoms with Gasteiger partial charge < -0.3 is 15.0 Å². The molecule has 0 amide bonds. The van der Waals surface area contributed by atoms with Crippen molar-refractivity contribution in [3.63, 3.8) is 0 Å². The van der Waals surface area contributed by atoms with Crippen LogP contribution in [0.5, 0.6) is 5.75 Å². The lowest BCUT2D eigenvalue weighted by Gasteiger charge is -2.34. The Morgan fingerprint density at radius 2 is 1.91 bits per heavy atom. The van der Waals surface area contributed by atoms with Crippen LogP contribution in [0.15, 0.2) is 66.0 Å². The van der Waals surface area contributed by atoms with E-state index in [-0.39, 0.29) is 30.1 Å². The number of nitrogens with one attached hydrogen (secondary N) is 1. The number of hydrogen-bond donors (Lipinski definition) is 1. The zero-order chi connectivity index (χ0) is 21.5. The monoisotopic (exact) mass is 546 g/mol. The standard InChI is InChI=1S/C24H30N6O.HI/c1-3-25-24(29-14-11-22(12-15-29)31-21-7-5-4-6-8-21)28-18-20-9-10-23(27-17-20)30-16-13-26-19(30)2;/h4-10,13,16-17,22H,3,11-12,14-15,18H2,1-2H3,(H,25,28);1H. The molecule has 0 atom stereocenters. The molecule has 7 nitrogen and oxygen atoms in total. The summed E-state index contributed by atoms with van der Waals surface area (Å²) in [6.45, 7) is 7.37. The lowest BCUT2D eigenvalue weighted by atomic mass is 10.1. The van der Waals surface area contributed by atoms with Gasteiger partial charge in [0.2, 0.25) is 0 Å². The average Bonchev–Trinajstić information content (AvgIpc) is 3.24.